The van der Waals surface area contributed by atoms with Gasteiger partial charge in [-0.3, -0.25) is 4.79 Å². The highest BCUT2D eigenvalue weighted by Crippen LogP contribution is 2.24. The number of aromatic nitrogens is 2. The van der Waals surface area contributed by atoms with Gasteiger partial charge in [0.05, 0.1) is 18.1 Å². The molecule has 1 aliphatic carbocycles. The molecular weight excluding hydrogens is 252 g/mol. The molecule has 0 aliphatic heterocycles. The molecule has 0 bridgehead atoms. The van der Waals surface area contributed by atoms with E-state index in [2.05, 4.69) is 36.1 Å². The molecule has 5 heteroatoms. The van der Waals surface area contributed by atoms with Gasteiger partial charge in [-0.1, -0.05) is 27.2 Å². The number of nitrogens with one attached hydrogen (secondary N) is 1. The molecule has 0 saturated heterocycles. The van der Waals surface area contributed by atoms with E-state index in [4.69, 9.17) is 5.73 Å². The SMILES string of the molecule is CC(C)(C)c1ncc(NC(=O)C2CCCC(N)C2)cn1. The summed E-state index contributed by atoms with van der Waals surface area (Å²) in [5, 5.41) is 2.89. The van der Waals surface area contributed by atoms with Crippen molar-refractivity contribution in [2.75, 3.05) is 5.32 Å². The lowest BCUT2D eigenvalue weighted by Crippen LogP contribution is -2.34. The first-order valence-corrected chi connectivity index (χ1v) is 7.25. The molecule has 20 heavy (non-hydrogen) atoms. The third-order valence-corrected chi connectivity index (χ3v) is 3.68. The molecule has 2 atom stereocenters. The fourth-order valence-corrected chi connectivity index (χ4v) is 2.49. The van der Waals surface area contributed by atoms with E-state index in [9.17, 15) is 4.79 Å². The van der Waals surface area contributed by atoms with Gasteiger partial charge in [0.1, 0.15) is 5.82 Å². The van der Waals surface area contributed by atoms with Gasteiger partial charge in [0.25, 0.3) is 0 Å². The van der Waals surface area contributed by atoms with E-state index in [1.54, 1.807) is 12.4 Å². The van der Waals surface area contributed by atoms with Crippen LogP contribution in [0.4, 0.5) is 5.69 Å². The Balaban J connectivity index is 1.97. The summed E-state index contributed by atoms with van der Waals surface area (Å²) in [6.45, 7) is 6.18. The van der Waals surface area contributed by atoms with Crippen molar-refractivity contribution in [1.82, 2.24) is 9.97 Å². The molecule has 1 saturated carbocycles. The van der Waals surface area contributed by atoms with Crippen LogP contribution in [0.1, 0.15) is 52.3 Å². The van der Waals surface area contributed by atoms with Crippen molar-refractivity contribution in [2.45, 2.75) is 57.9 Å². The van der Waals surface area contributed by atoms with E-state index in [0.717, 1.165) is 31.5 Å². The Morgan fingerprint density at radius 3 is 2.50 bits per heavy atom. The molecule has 1 fully saturated rings. The lowest BCUT2D eigenvalue weighted by molar-refractivity contribution is -0.120. The van der Waals surface area contributed by atoms with Gasteiger partial charge in [-0.25, -0.2) is 9.97 Å². The minimum Gasteiger partial charge on any atom is -0.328 e. The zero-order chi connectivity index (χ0) is 14.8. The van der Waals surface area contributed by atoms with E-state index in [1.807, 2.05) is 0 Å². The molecule has 2 unspecified atom stereocenters. The Labute approximate surface area is 120 Å². The van der Waals surface area contributed by atoms with Gasteiger partial charge in [0.15, 0.2) is 0 Å². The first-order chi connectivity index (χ1) is 9.36. The van der Waals surface area contributed by atoms with Crippen molar-refractivity contribution in [2.24, 2.45) is 11.7 Å². The summed E-state index contributed by atoms with van der Waals surface area (Å²) in [5.41, 5.74) is 6.49. The van der Waals surface area contributed by atoms with Crippen LogP contribution in [0.2, 0.25) is 0 Å². The smallest absolute Gasteiger partial charge is 0.227 e. The second-order valence-corrected chi connectivity index (χ2v) is 6.66. The Morgan fingerprint density at radius 1 is 1.30 bits per heavy atom. The van der Waals surface area contributed by atoms with Crippen LogP contribution in [0.25, 0.3) is 0 Å². The maximum absolute atomic E-state index is 12.2. The van der Waals surface area contributed by atoms with Crippen LogP contribution in [0.3, 0.4) is 0 Å². The van der Waals surface area contributed by atoms with Gasteiger partial charge < -0.3 is 11.1 Å². The van der Waals surface area contributed by atoms with Gasteiger partial charge in [-0.2, -0.15) is 0 Å². The van der Waals surface area contributed by atoms with E-state index >= 15 is 0 Å². The molecule has 2 rings (SSSR count). The van der Waals surface area contributed by atoms with E-state index in [0.29, 0.717) is 5.69 Å². The van der Waals surface area contributed by atoms with Crippen molar-refractivity contribution >= 4 is 11.6 Å². The van der Waals surface area contributed by atoms with Gasteiger partial charge in [-0.15, -0.1) is 0 Å². The van der Waals surface area contributed by atoms with Crippen LogP contribution in [0, 0.1) is 5.92 Å². The number of carbonyl (C=O) groups excluding carboxylic acids is 1. The lowest BCUT2D eigenvalue weighted by Gasteiger charge is -2.25. The predicted molar refractivity (Wildman–Crippen MR) is 79.3 cm³/mol. The Kier molecular flexibility index (Phi) is 4.38. The molecule has 3 N–H and O–H groups in total. The molecule has 1 aromatic rings. The molecule has 0 aromatic carbocycles. The minimum atomic E-state index is -0.0846. The normalized spacial score (nSPS) is 23.4. The van der Waals surface area contributed by atoms with E-state index in [1.165, 1.54) is 0 Å². The number of amides is 1. The standard InChI is InChI=1S/C15H24N4O/c1-15(2,3)14-17-8-12(9-18-14)19-13(20)10-5-4-6-11(16)7-10/h8-11H,4-7,16H2,1-3H3,(H,19,20). The molecule has 0 radical (unpaired) electrons. The minimum absolute atomic E-state index is 0.0149. The first kappa shape index (κ1) is 14.9. The van der Waals surface area contributed by atoms with Gasteiger partial charge in [0.2, 0.25) is 5.91 Å². The van der Waals surface area contributed by atoms with Crippen LogP contribution in [-0.2, 0) is 10.2 Å². The topological polar surface area (TPSA) is 80.9 Å². The summed E-state index contributed by atoms with van der Waals surface area (Å²) in [4.78, 5) is 20.8. The van der Waals surface area contributed by atoms with E-state index in [-0.39, 0.29) is 23.3 Å². The highest BCUT2D eigenvalue weighted by Gasteiger charge is 2.25. The first-order valence-electron chi connectivity index (χ1n) is 7.25. The van der Waals surface area contributed by atoms with Gasteiger partial charge >= 0.3 is 0 Å². The summed E-state index contributed by atoms with van der Waals surface area (Å²) in [6.07, 6.45) is 7.08. The number of hydrogen-bond acceptors (Lipinski definition) is 4. The predicted octanol–water partition coefficient (Wildman–Crippen LogP) is 2.23. The third kappa shape index (κ3) is 3.76. The molecule has 1 heterocycles. The monoisotopic (exact) mass is 276 g/mol. The fraction of sp³-hybridized carbons (Fsp3) is 0.667. The lowest BCUT2D eigenvalue weighted by atomic mass is 9.85. The third-order valence-electron chi connectivity index (χ3n) is 3.68. The Hall–Kier alpha value is -1.49. The van der Waals surface area contributed by atoms with Gasteiger partial charge in [-0.05, 0) is 19.3 Å². The summed E-state index contributed by atoms with van der Waals surface area (Å²) in [5.74, 6) is 0.823. The van der Waals surface area contributed by atoms with Crippen LogP contribution in [0.5, 0.6) is 0 Å². The van der Waals surface area contributed by atoms with Crippen LogP contribution < -0.4 is 11.1 Å². The fourth-order valence-electron chi connectivity index (χ4n) is 2.49. The summed E-state index contributed by atoms with van der Waals surface area (Å²) < 4.78 is 0. The zero-order valence-electron chi connectivity index (χ0n) is 12.5. The van der Waals surface area contributed by atoms with Crippen molar-refractivity contribution in [1.29, 1.82) is 0 Å². The molecule has 1 amide bonds. The number of anilines is 1. The van der Waals surface area contributed by atoms with Crippen molar-refractivity contribution in [3.63, 3.8) is 0 Å². The van der Waals surface area contributed by atoms with Crippen LogP contribution in [0.15, 0.2) is 12.4 Å². The highest BCUT2D eigenvalue weighted by atomic mass is 16.1. The average molecular weight is 276 g/mol. The van der Waals surface area contributed by atoms with E-state index < -0.39 is 0 Å². The summed E-state index contributed by atoms with van der Waals surface area (Å²) in [7, 11) is 0. The summed E-state index contributed by atoms with van der Waals surface area (Å²) in [6, 6.07) is 0.152. The molecule has 1 aromatic heterocycles. The van der Waals surface area contributed by atoms with Crippen molar-refractivity contribution < 1.29 is 4.79 Å². The summed E-state index contributed by atoms with van der Waals surface area (Å²) >= 11 is 0. The van der Waals surface area contributed by atoms with Crippen molar-refractivity contribution in [3.8, 4) is 0 Å². The maximum atomic E-state index is 12.2. The number of carbonyl (C=O) groups is 1. The van der Waals surface area contributed by atoms with Gasteiger partial charge in [0, 0.05) is 17.4 Å². The number of nitrogens with zero attached hydrogens (tertiary/aromatic N) is 2. The van der Waals surface area contributed by atoms with Crippen LogP contribution >= 0.6 is 0 Å². The van der Waals surface area contributed by atoms with Crippen molar-refractivity contribution in [3.05, 3.63) is 18.2 Å². The largest absolute Gasteiger partial charge is 0.328 e. The Bertz CT molecular complexity index is 464. The Morgan fingerprint density at radius 2 is 1.95 bits per heavy atom. The number of hydrogen-bond donors (Lipinski definition) is 2. The second kappa shape index (κ2) is 5.87. The highest BCUT2D eigenvalue weighted by molar-refractivity contribution is 5.92. The van der Waals surface area contributed by atoms with Crippen LogP contribution in [-0.4, -0.2) is 21.9 Å². The molecular formula is C15H24N4O. The quantitative estimate of drug-likeness (QED) is 0.868. The molecule has 110 valence electrons. The molecule has 0 spiro atoms. The zero-order valence-corrected chi connectivity index (χ0v) is 12.5. The second-order valence-electron chi connectivity index (χ2n) is 6.66. The maximum Gasteiger partial charge on any atom is 0.227 e. The number of nitrogens with two attached hydrogens (primary N) is 1. The molecule has 5 nitrogen and oxygen atoms in total. The number of rotatable bonds is 2. The average Bonchev–Trinajstić information content (AvgIpc) is 2.38. The molecule has 1 aliphatic rings.